The van der Waals surface area contributed by atoms with Crippen molar-refractivity contribution in [1.29, 1.82) is 0 Å². The van der Waals surface area contributed by atoms with Gasteiger partial charge in [-0.2, -0.15) is 0 Å². The summed E-state index contributed by atoms with van der Waals surface area (Å²) in [4.78, 5) is 21.1. The van der Waals surface area contributed by atoms with Gasteiger partial charge < -0.3 is 16.0 Å². The number of carbonyl (C=O) groups excluding carboxylic acids is 1. The van der Waals surface area contributed by atoms with E-state index < -0.39 is 0 Å². The number of amides is 1. The predicted molar refractivity (Wildman–Crippen MR) is 106 cm³/mol. The van der Waals surface area contributed by atoms with E-state index in [2.05, 4.69) is 25.9 Å². The summed E-state index contributed by atoms with van der Waals surface area (Å²) < 4.78 is 0. The number of anilines is 4. The monoisotopic (exact) mass is 353 g/mol. The van der Waals surface area contributed by atoms with E-state index in [0.29, 0.717) is 5.82 Å². The van der Waals surface area contributed by atoms with Crippen molar-refractivity contribution in [1.82, 2.24) is 9.97 Å². The Balaban J connectivity index is 1.61. The molecule has 0 aliphatic heterocycles. The second-order valence-electron chi connectivity index (χ2n) is 6.74. The molecule has 1 fully saturated rings. The van der Waals surface area contributed by atoms with Crippen molar-refractivity contribution in [2.24, 2.45) is 5.92 Å². The number of aromatic nitrogens is 2. The third-order valence-corrected chi connectivity index (χ3v) is 4.60. The number of rotatable bonds is 6. The molecule has 26 heavy (non-hydrogen) atoms. The van der Waals surface area contributed by atoms with E-state index in [1.54, 1.807) is 0 Å². The summed E-state index contributed by atoms with van der Waals surface area (Å²) in [7, 11) is 0. The summed E-state index contributed by atoms with van der Waals surface area (Å²) in [6.07, 6.45) is 5.59. The number of nitrogens with one attached hydrogen (secondary N) is 3. The molecule has 1 saturated carbocycles. The van der Waals surface area contributed by atoms with Crippen molar-refractivity contribution in [3.63, 3.8) is 0 Å². The highest BCUT2D eigenvalue weighted by atomic mass is 16.1. The first-order chi connectivity index (χ1) is 12.6. The smallest absolute Gasteiger partial charge is 0.227 e. The van der Waals surface area contributed by atoms with Crippen LogP contribution in [0.1, 0.15) is 44.9 Å². The van der Waals surface area contributed by atoms with Crippen molar-refractivity contribution in [2.75, 3.05) is 22.5 Å². The Morgan fingerprint density at radius 2 is 1.69 bits per heavy atom. The second kappa shape index (κ2) is 8.65. The van der Waals surface area contributed by atoms with Crippen molar-refractivity contribution >= 4 is 28.9 Å². The van der Waals surface area contributed by atoms with Crippen LogP contribution in [0.25, 0.3) is 0 Å². The summed E-state index contributed by atoms with van der Waals surface area (Å²) in [6.45, 7) is 4.71. The van der Waals surface area contributed by atoms with E-state index in [1.807, 2.05) is 44.2 Å². The molecule has 0 radical (unpaired) electrons. The van der Waals surface area contributed by atoms with Gasteiger partial charge in [-0.15, -0.1) is 0 Å². The lowest BCUT2D eigenvalue weighted by Crippen LogP contribution is -2.24. The molecule has 6 heteroatoms. The fraction of sp³-hybridized carbons (Fsp3) is 0.450. The molecule has 0 atom stereocenters. The van der Waals surface area contributed by atoms with E-state index in [9.17, 15) is 4.79 Å². The van der Waals surface area contributed by atoms with Crippen LogP contribution in [-0.2, 0) is 4.79 Å². The molecule has 0 bridgehead atoms. The molecule has 3 rings (SSSR count). The third-order valence-electron chi connectivity index (χ3n) is 4.60. The lowest BCUT2D eigenvalue weighted by molar-refractivity contribution is -0.120. The van der Waals surface area contributed by atoms with Gasteiger partial charge in [-0.25, -0.2) is 9.97 Å². The van der Waals surface area contributed by atoms with Gasteiger partial charge in [0.25, 0.3) is 0 Å². The molecular formula is C20H27N5O. The number of hydrogen-bond acceptors (Lipinski definition) is 5. The average molecular weight is 353 g/mol. The zero-order valence-corrected chi connectivity index (χ0v) is 15.5. The van der Waals surface area contributed by atoms with Crippen LogP contribution in [0.2, 0.25) is 0 Å². The van der Waals surface area contributed by atoms with Crippen LogP contribution in [-0.4, -0.2) is 22.4 Å². The molecule has 1 aliphatic rings. The molecular weight excluding hydrogens is 326 g/mol. The predicted octanol–water partition coefficient (Wildman–Crippen LogP) is 4.48. The van der Waals surface area contributed by atoms with Crippen LogP contribution < -0.4 is 16.0 Å². The Labute approximate surface area is 154 Å². The highest BCUT2D eigenvalue weighted by Crippen LogP contribution is 2.25. The molecule has 1 aromatic carbocycles. The Hall–Kier alpha value is -2.63. The maximum absolute atomic E-state index is 12.3. The summed E-state index contributed by atoms with van der Waals surface area (Å²) in [5.74, 6) is 2.57. The van der Waals surface area contributed by atoms with Crippen LogP contribution in [0.15, 0.2) is 30.3 Å². The Kier molecular flexibility index (Phi) is 6.04. The summed E-state index contributed by atoms with van der Waals surface area (Å²) >= 11 is 0. The van der Waals surface area contributed by atoms with E-state index in [1.165, 1.54) is 6.42 Å². The first kappa shape index (κ1) is 18.2. The summed E-state index contributed by atoms with van der Waals surface area (Å²) in [5.41, 5.74) is 1.75. The van der Waals surface area contributed by atoms with Gasteiger partial charge in [-0.1, -0.05) is 19.3 Å². The van der Waals surface area contributed by atoms with Gasteiger partial charge in [0, 0.05) is 29.9 Å². The van der Waals surface area contributed by atoms with Crippen LogP contribution in [0, 0.1) is 12.8 Å². The standard InChI is InChI=1S/C20H27N5O/c1-3-21-18-13-19(23-14(2)22-18)24-16-9-11-17(12-10-16)25-20(26)15-7-5-4-6-8-15/h9-13,15H,3-8H2,1-2H3,(H,25,26)(H2,21,22,23,24). The first-order valence-electron chi connectivity index (χ1n) is 9.41. The molecule has 0 unspecified atom stereocenters. The topological polar surface area (TPSA) is 78.9 Å². The van der Waals surface area contributed by atoms with E-state index in [0.717, 1.165) is 55.2 Å². The van der Waals surface area contributed by atoms with Crippen molar-refractivity contribution in [3.8, 4) is 0 Å². The fourth-order valence-corrected chi connectivity index (χ4v) is 3.30. The molecule has 1 heterocycles. The van der Waals surface area contributed by atoms with Crippen molar-refractivity contribution in [2.45, 2.75) is 46.0 Å². The Bertz CT molecular complexity index is 738. The normalized spacial score (nSPS) is 14.7. The van der Waals surface area contributed by atoms with Gasteiger partial charge >= 0.3 is 0 Å². The maximum Gasteiger partial charge on any atom is 0.227 e. The molecule has 2 aromatic rings. The summed E-state index contributed by atoms with van der Waals surface area (Å²) in [5, 5.41) is 9.52. The first-order valence-corrected chi connectivity index (χ1v) is 9.41. The van der Waals surface area contributed by atoms with E-state index in [-0.39, 0.29) is 11.8 Å². The van der Waals surface area contributed by atoms with Crippen LogP contribution in [0.3, 0.4) is 0 Å². The highest BCUT2D eigenvalue weighted by Gasteiger charge is 2.20. The zero-order valence-electron chi connectivity index (χ0n) is 15.5. The van der Waals surface area contributed by atoms with Crippen molar-refractivity contribution in [3.05, 3.63) is 36.2 Å². The zero-order chi connectivity index (χ0) is 18.4. The van der Waals surface area contributed by atoms with Gasteiger partial charge in [0.1, 0.15) is 17.5 Å². The molecule has 1 amide bonds. The molecule has 1 aromatic heterocycles. The molecule has 0 spiro atoms. The van der Waals surface area contributed by atoms with Gasteiger partial charge in [0.05, 0.1) is 0 Å². The highest BCUT2D eigenvalue weighted by molar-refractivity contribution is 5.92. The SMILES string of the molecule is CCNc1cc(Nc2ccc(NC(=O)C3CCCCC3)cc2)nc(C)n1. The van der Waals surface area contributed by atoms with E-state index >= 15 is 0 Å². The molecule has 138 valence electrons. The quantitative estimate of drug-likeness (QED) is 0.713. The number of hydrogen-bond donors (Lipinski definition) is 3. The van der Waals surface area contributed by atoms with Crippen molar-refractivity contribution < 1.29 is 4.79 Å². The average Bonchev–Trinajstić information content (AvgIpc) is 2.64. The van der Waals surface area contributed by atoms with Crippen LogP contribution in [0.5, 0.6) is 0 Å². The maximum atomic E-state index is 12.3. The minimum absolute atomic E-state index is 0.145. The molecule has 1 aliphatic carbocycles. The number of nitrogens with zero attached hydrogens (tertiary/aromatic N) is 2. The number of aryl methyl sites for hydroxylation is 1. The van der Waals surface area contributed by atoms with E-state index in [4.69, 9.17) is 0 Å². The van der Waals surface area contributed by atoms with Gasteiger partial charge in [0.2, 0.25) is 5.91 Å². The molecule has 6 nitrogen and oxygen atoms in total. The van der Waals surface area contributed by atoms with Gasteiger partial charge in [-0.05, 0) is 51.0 Å². The van der Waals surface area contributed by atoms with Crippen LogP contribution in [0.4, 0.5) is 23.0 Å². The van der Waals surface area contributed by atoms with Gasteiger partial charge in [0.15, 0.2) is 0 Å². The molecule has 3 N–H and O–H groups in total. The largest absolute Gasteiger partial charge is 0.370 e. The van der Waals surface area contributed by atoms with Crippen LogP contribution >= 0.6 is 0 Å². The molecule has 0 saturated heterocycles. The fourth-order valence-electron chi connectivity index (χ4n) is 3.30. The summed E-state index contributed by atoms with van der Waals surface area (Å²) in [6, 6.07) is 9.61. The number of carbonyl (C=O) groups is 1. The lowest BCUT2D eigenvalue weighted by atomic mass is 9.88. The number of benzene rings is 1. The van der Waals surface area contributed by atoms with Gasteiger partial charge in [-0.3, -0.25) is 4.79 Å². The third kappa shape index (κ3) is 4.94. The Morgan fingerprint density at radius 3 is 2.38 bits per heavy atom. The lowest BCUT2D eigenvalue weighted by Gasteiger charge is -2.20. The minimum Gasteiger partial charge on any atom is -0.370 e. The minimum atomic E-state index is 0.145. The Morgan fingerprint density at radius 1 is 1.04 bits per heavy atom. The second-order valence-corrected chi connectivity index (χ2v) is 6.74.